The Hall–Kier alpha value is -1.67. The monoisotopic (exact) mass is 682 g/mol. The lowest BCUT2D eigenvalue weighted by Crippen LogP contribution is -2.59. The molecule has 0 saturated carbocycles. The first kappa shape index (κ1) is 40.8. The summed E-state index contributed by atoms with van der Waals surface area (Å²) in [6.45, 7) is 17.0. The molecule has 0 aromatic rings. The highest BCUT2D eigenvalue weighted by Gasteiger charge is 2.49. The van der Waals surface area contributed by atoms with Crippen molar-refractivity contribution in [3.63, 3.8) is 0 Å². The Balaban J connectivity index is 1.82. The predicted octanol–water partition coefficient (Wildman–Crippen LogP) is 2.41. The molecule has 3 heterocycles. The van der Waals surface area contributed by atoms with Crippen LogP contribution in [0.2, 0.25) is 0 Å². The molecule has 2 N–H and O–H groups in total. The number of piperidine rings is 1. The summed E-state index contributed by atoms with van der Waals surface area (Å²) in [5.74, 6) is -1.69. The first-order valence-corrected chi connectivity index (χ1v) is 18.1. The number of Topliss-reactive ketones (excluding diaryl/α,β-unsaturated/α-hetero) is 1. The maximum absolute atomic E-state index is 14.0. The molecule has 0 aliphatic carbocycles. The zero-order valence-electron chi connectivity index (χ0n) is 31.6. The number of carbonyl (C=O) groups excluding carboxylic acids is 3. The van der Waals surface area contributed by atoms with Crippen LogP contribution in [0, 0.1) is 29.6 Å². The van der Waals surface area contributed by atoms with E-state index in [-0.39, 0.29) is 48.3 Å². The van der Waals surface area contributed by atoms with Gasteiger partial charge < -0.3 is 39.2 Å². The highest BCUT2D eigenvalue weighted by Crippen LogP contribution is 2.37. The molecule has 0 bridgehead atoms. The van der Waals surface area contributed by atoms with Crippen LogP contribution >= 0.6 is 0 Å². The normalized spacial score (nSPS) is 37.2. The van der Waals surface area contributed by atoms with E-state index in [0.717, 1.165) is 19.4 Å². The molecule has 3 rings (SSSR count). The number of aliphatic hydroxyl groups is 1. The van der Waals surface area contributed by atoms with Crippen LogP contribution < -0.4 is 5.32 Å². The molecule has 1 amide bonds. The van der Waals surface area contributed by atoms with Crippen molar-refractivity contribution < 1.29 is 38.4 Å². The highest BCUT2D eigenvalue weighted by molar-refractivity contribution is 6.00. The van der Waals surface area contributed by atoms with Gasteiger partial charge in [-0.15, -0.1) is 0 Å². The molecule has 10 atom stereocenters. The van der Waals surface area contributed by atoms with E-state index in [4.69, 9.17) is 18.9 Å². The van der Waals surface area contributed by atoms with Crippen molar-refractivity contribution in [1.29, 1.82) is 0 Å². The number of likely N-dealkylation sites (N-methyl/N-ethyl adjacent to an activating group) is 2. The number of carbonyl (C=O) groups is 3. The smallest absolute Gasteiger partial charge is 0.316 e. The van der Waals surface area contributed by atoms with Crippen LogP contribution in [0.5, 0.6) is 0 Å². The molecule has 0 aromatic heterocycles. The second-order valence-electron chi connectivity index (χ2n) is 15.7. The summed E-state index contributed by atoms with van der Waals surface area (Å²) in [6.07, 6.45) is -0.0441. The highest BCUT2D eigenvalue weighted by atomic mass is 16.7. The van der Waals surface area contributed by atoms with Gasteiger partial charge in [0.15, 0.2) is 12.1 Å². The fraction of sp³-hybridized carbons (Fsp3) is 0.917. The van der Waals surface area contributed by atoms with Crippen molar-refractivity contribution in [2.24, 2.45) is 29.6 Å². The van der Waals surface area contributed by atoms with Gasteiger partial charge in [-0.3, -0.25) is 19.3 Å². The Morgan fingerprint density at radius 2 is 1.79 bits per heavy atom. The van der Waals surface area contributed by atoms with Crippen LogP contribution in [0.25, 0.3) is 0 Å². The number of nitrogens with one attached hydrogen (secondary N) is 1. The molecule has 3 saturated heterocycles. The largest absolute Gasteiger partial charge is 0.463 e. The van der Waals surface area contributed by atoms with Gasteiger partial charge in [-0.25, -0.2) is 0 Å². The molecular formula is C36H66N4O8. The average Bonchev–Trinajstić information content (AvgIpc) is 3.03. The van der Waals surface area contributed by atoms with Gasteiger partial charge in [0.25, 0.3) is 0 Å². The molecule has 3 aliphatic rings. The summed E-state index contributed by atoms with van der Waals surface area (Å²) in [7, 11) is 7.52. The standard InChI is InChI=1S/C36H66N4O8/c1-22(2)18-37-19-30(41)40-14-12-27(13-15-40)29-21-46-34(44)26(6)31(42)25(5)33(36(7,45-11)17-23(3)20-39(29)10)48-35-32(43)28(38(8)9)16-24(4)47-35/h22-29,32-33,35,37,43H,12-21H2,1-11H3/t23-,24-,25+,26-,28+,29?,32-,33-,35+,36-/m1/s1. The SMILES string of the molecule is CO[C@]1(C)C[C@@H](C)CN(C)C(C2CCN(C(=O)CNCC(C)C)CC2)COC(=O)[C@H](C)C(=O)[C@H](C)[C@H]1O[C@@H]1O[C@H](C)C[C@H](N(C)C)[C@H]1O. The van der Waals surface area contributed by atoms with E-state index in [9.17, 15) is 19.5 Å². The number of amides is 1. The number of likely N-dealkylation sites (tertiary alicyclic amines) is 1. The Morgan fingerprint density at radius 1 is 1.15 bits per heavy atom. The third-order valence-electron chi connectivity index (χ3n) is 10.9. The van der Waals surface area contributed by atoms with E-state index >= 15 is 0 Å². The molecule has 48 heavy (non-hydrogen) atoms. The molecule has 0 radical (unpaired) electrons. The predicted molar refractivity (Wildman–Crippen MR) is 184 cm³/mol. The third kappa shape index (κ3) is 10.4. The van der Waals surface area contributed by atoms with E-state index in [1.165, 1.54) is 0 Å². The third-order valence-corrected chi connectivity index (χ3v) is 10.9. The number of esters is 1. The summed E-state index contributed by atoms with van der Waals surface area (Å²) in [4.78, 5) is 46.4. The van der Waals surface area contributed by atoms with Gasteiger partial charge in [0.2, 0.25) is 5.91 Å². The number of nitrogens with zero attached hydrogens (tertiary/aromatic N) is 3. The minimum absolute atomic E-state index is 0.0655. The minimum atomic E-state index is -1.01. The zero-order valence-corrected chi connectivity index (χ0v) is 31.6. The number of cyclic esters (lactones) is 1. The van der Waals surface area contributed by atoms with Gasteiger partial charge in [0, 0.05) is 44.7 Å². The molecule has 12 heteroatoms. The second-order valence-corrected chi connectivity index (χ2v) is 15.7. The topological polar surface area (TPSA) is 130 Å². The van der Waals surface area contributed by atoms with E-state index in [2.05, 4.69) is 38.0 Å². The van der Waals surface area contributed by atoms with Crippen LogP contribution in [0.1, 0.15) is 74.1 Å². The van der Waals surface area contributed by atoms with E-state index in [0.29, 0.717) is 44.9 Å². The number of ether oxygens (including phenoxy) is 4. The zero-order chi connectivity index (χ0) is 35.9. The summed E-state index contributed by atoms with van der Waals surface area (Å²) in [5, 5.41) is 14.6. The lowest BCUT2D eigenvalue weighted by Gasteiger charge is -2.47. The molecule has 0 spiro atoms. The molecule has 3 fully saturated rings. The van der Waals surface area contributed by atoms with Gasteiger partial charge >= 0.3 is 5.97 Å². The first-order chi connectivity index (χ1) is 22.5. The molecule has 1 unspecified atom stereocenters. The Kier molecular flexibility index (Phi) is 15.3. The number of ketones is 1. The lowest BCUT2D eigenvalue weighted by molar-refractivity contribution is -0.295. The summed E-state index contributed by atoms with van der Waals surface area (Å²) < 4.78 is 24.9. The Labute approximate surface area is 289 Å². The maximum atomic E-state index is 14.0. The van der Waals surface area contributed by atoms with E-state index in [1.54, 1.807) is 21.0 Å². The van der Waals surface area contributed by atoms with Crippen molar-refractivity contribution in [2.45, 2.75) is 116 Å². The second kappa shape index (κ2) is 18.0. The van der Waals surface area contributed by atoms with Crippen molar-refractivity contribution in [1.82, 2.24) is 20.0 Å². The van der Waals surface area contributed by atoms with Crippen molar-refractivity contribution >= 4 is 17.7 Å². The summed E-state index contributed by atoms with van der Waals surface area (Å²) in [5.41, 5.74) is -0.935. The van der Waals surface area contributed by atoms with Crippen LogP contribution in [0.3, 0.4) is 0 Å². The van der Waals surface area contributed by atoms with Crippen molar-refractivity contribution in [3.8, 4) is 0 Å². The van der Waals surface area contributed by atoms with Gasteiger partial charge in [-0.05, 0) is 91.9 Å². The summed E-state index contributed by atoms with van der Waals surface area (Å²) >= 11 is 0. The van der Waals surface area contributed by atoms with Crippen LogP contribution in [0.15, 0.2) is 0 Å². The molecular weight excluding hydrogens is 616 g/mol. The number of hydrogen-bond acceptors (Lipinski definition) is 11. The van der Waals surface area contributed by atoms with Gasteiger partial charge in [-0.2, -0.15) is 0 Å². The first-order valence-electron chi connectivity index (χ1n) is 18.1. The molecule has 3 aliphatic heterocycles. The number of hydrogen-bond donors (Lipinski definition) is 2. The number of rotatable bonds is 9. The molecule has 12 nitrogen and oxygen atoms in total. The lowest BCUT2D eigenvalue weighted by atomic mass is 9.78. The molecule has 0 aromatic carbocycles. The number of aliphatic hydroxyl groups excluding tert-OH is 1. The fourth-order valence-electron chi connectivity index (χ4n) is 7.98. The van der Waals surface area contributed by atoms with Gasteiger partial charge in [0.1, 0.15) is 18.6 Å². The van der Waals surface area contributed by atoms with Gasteiger partial charge in [0.05, 0.1) is 24.4 Å². The van der Waals surface area contributed by atoms with Crippen LogP contribution in [-0.4, -0.2) is 147 Å². The van der Waals surface area contributed by atoms with Crippen LogP contribution in [-0.2, 0) is 33.3 Å². The quantitative estimate of drug-likeness (QED) is 0.275. The minimum Gasteiger partial charge on any atom is -0.463 e. The van der Waals surface area contributed by atoms with Crippen LogP contribution in [0.4, 0.5) is 0 Å². The Morgan fingerprint density at radius 3 is 2.38 bits per heavy atom. The van der Waals surface area contributed by atoms with Crippen molar-refractivity contribution in [3.05, 3.63) is 0 Å². The number of methoxy groups -OCH3 is 1. The average molecular weight is 683 g/mol. The summed E-state index contributed by atoms with van der Waals surface area (Å²) in [6, 6.07) is -0.248. The van der Waals surface area contributed by atoms with E-state index in [1.807, 2.05) is 37.7 Å². The van der Waals surface area contributed by atoms with Crippen molar-refractivity contribution in [2.75, 3.05) is 67.6 Å². The maximum Gasteiger partial charge on any atom is 0.316 e. The van der Waals surface area contributed by atoms with E-state index < -0.39 is 41.9 Å². The Bertz CT molecular complexity index is 1050. The fourth-order valence-corrected chi connectivity index (χ4v) is 7.98. The van der Waals surface area contributed by atoms with Gasteiger partial charge in [-0.1, -0.05) is 27.7 Å². The molecule has 278 valence electrons.